The number of piperidine rings is 1. The maximum atomic E-state index is 12.3. The van der Waals surface area contributed by atoms with Gasteiger partial charge in [-0.2, -0.15) is 5.10 Å². The van der Waals surface area contributed by atoms with Crippen molar-refractivity contribution in [3.63, 3.8) is 0 Å². The summed E-state index contributed by atoms with van der Waals surface area (Å²) in [7, 11) is 0. The number of halogens is 1. The summed E-state index contributed by atoms with van der Waals surface area (Å²) in [6, 6.07) is 9.91. The van der Waals surface area contributed by atoms with Gasteiger partial charge in [-0.25, -0.2) is 5.10 Å². The van der Waals surface area contributed by atoms with Crippen LogP contribution in [0.5, 0.6) is 0 Å². The Hall–Kier alpha value is -2.48. The number of carbonyl (C=O) groups is 2. The van der Waals surface area contributed by atoms with Crippen molar-refractivity contribution < 1.29 is 9.59 Å². The monoisotopic (exact) mass is 404 g/mol. The second-order valence-electron chi connectivity index (χ2n) is 5.85. The topological polar surface area (TPSA) is 95.2 Å². The summed E-state index contributed by atoms with van der Waals surface area (Å²) < 4.78 is 0.923. The van der Waals surface area contributed by atoms with Crippen molar-refractivity contribution in [3.8, 4) is 0 Å². The van der Waals surface area contributed by atoms with Crippen molar-refractivity contribution in [2.75, 3.05) is 13.1 Å². The Morgan fingerprint density at radius 3 is 2.40 bits per heavy atom. The van der Waals surface area contributed by atoms with Gasteiger partial charge in [0.1, 0.15) is 5.69 Å². The first kappa shape index (κ1) is 17.3. The van der Waals surface area contributed by atoms with Gasteiger partial charge in [0.25, 0.3) is 17.4 Å². The van der Waals surface area contributed by atoms with E-state index in [1.807, 2.05) is 12.1 Å². The van der Waals surface area contributed by atoms with Crippen LogP contribution in [-0.4, -0.2) is 46.0 Å². The Labute approximate surface area is 152 Å². The number of rotatable bonds is 3. The van der Waals surface area contributed by atoms with Gasteiger partial charge in [0.05, 0.1) is 0 Å². The fraction of sp³-hybridized carbons (Fsp3) is 0.294. The average Bonchev–Trinajstić information content (AvgIpc) is 2.63. The summed E-state index contributed by atoms with van der Waals surface area (Å²) in [6.07, 6.45) is 1.36. The van der Waals surface area contributed by atoms with Crippen LogP contribution in [0.4, 0.5) is 0 Å². The largest absolute Gasteiger partial charge is 0.349 e. The SMILES string of the molecule is O=C(NC1CCN(C(=O)c2ccc(=O)[nH]n2)CC1)c1ccc(Br)cc1. The van der Waals surface area contributed by atoms with Crippen molar-refractivity contribution in [2.45, 2.75) is 18.9 Å². The molecule has 2 amide bonds. The summed E-state index contributed by atoms with van der Waals surface area (Å²) in [6.45, 7) is 1.07. The first-order valence-electron chi connectivity index (χ1n) is 7.94. The molecule has 1 fully saturated rings. The molecule has 3 rings (SSSR count). The Kier molecular flexibility index (Phi) is 5.28. The minimum atomic E-state index is -0.342. The number of benzene rings is 1. The number of likely N-dealkylation sites (tertiary alicyclic amines) is 1. The number of nitrogens with one attached hydrogen (secondary N) is 2. The number of amides is 2. The number of H-pyrrole nitrogens is 1. The molecule has 1 aromatic heterocycles. The number of hydrogen-bond donors (Lipinski definition) is 2. The molecule has 8 heteroatoms. The highest BCUT2D eigenvalue weighted by Gasteiger charge is 2.25. The highest BCUT2D eigenvalue weighted by Crippen LogP contribution is 2.15. The fourth-order valence-corrected chi connectivity index (χ4v) is 2.99. The molecule has 25 heavy (non-hydrogen) atoms. The van der Waals surface area contributed by atoms with Crippen LogP contribution < -0.4 is 10.9 Å². The van der Waals surface area contributed by atoms with Gasteiger partial charge >= 0.3 is 0 Å². The molecular formula is C17H17BrN4O3. The van der Waals surface area contributed by atoms with E-state index in [-0.39, 0.29) is 29.1 Å². The second kappa shape index (κ2) is 7.60. The zero-order chi connectivity index (χ0) is 17.8. The molecule has 1 aliphatic rings. The molecule has 0 atom stereocenters. The van der Waals surface area contributed by atoms with Crippen LogP contribution in [0.1, 0.15) is 33.7 Å². The first-order chi connectivity index (χ1) is 12.0. The van der Waals surface area contributed by atoms with Gasteiger partial charge in [0.15, 0.2) is 0 Å². The van der Waals surface area contributed by atoms with Crippen LogP contribution in [0.15, 0.2) is 45.7 Å². The fourth-order valence-electron chi connectivity index (χ4n) is 2.72. The summed E-state index contributed by atoms with van der Waals surface area (Å²) >= 11 is 3.34. The van der Waals surface area contributed by atoms with E-state index in [1.54, 1.807) is 17.0 Å². The zero-order valence-corrected chi connectivity index (χ0v) is 15.0. The van der Waals surface area contributed by atoms with E-state index in [2.05, 4.69) is 31.4 Å². The maximum absolute atomic E-state index is 12.3. The van der Waals surface area contributed by atoms with E-state index in [9.17, 15) is 14.4 Å². The van der Waals surface area contributed by atoms with Crippen molar-refractivity contribution in [3.05, 3.63) is 62.5 Å². The minimum absolute atomic E-state index is 0.0312. The average molecular weight is 405 g/mol. The van der Waals surface area contributed by atoms with E-state index < -0.39 is 0 Å². The van der Waals surface area contributed by atoms with Crippen LogP contribution in [0, 0.1) is 0 Å². The van der Waals surface area contributed by atoms with Gasteiger partial charge in [0.2, 0.25) is 0 Å². The normalized spacial score (nSPS) is 15.0. The van der Waals surface area contributed by atoms with Crippen molar-refractivity contribution in [1.29, 1.82) is 0 Å². The molecule has 1 saturated heterocycles. The van der Waals surface area contributed by atoms with Crippen LogP contribution in [0.3, 0.4) is 0 Å². The van der Waals surface area contributed by atoms with Crippen molar-refractivity contribution in [1.82, 2.24) is 20.4 Å². The molecule has 130 valence electrons. The van der Waals surface area contributed by atoms with Crippen molar-refractivity contribution in [2.24, 2.45) is 0 Å². The number of hydrogen-bond acceptors (Lipinski definition) is 4. The van der Waals surface area contributed by atoms with E-state index >= 15 is 0 Å². The van der Waals surface area contributed by atoms with E-state index in [4.69, 9.17) is 0 Å². The Balaban J connectivity index is 1.54. The van der Waals surface area contributed by atoms with Gasteiger partial charge in [-0.15, -0.1) is 0 Å². The molecule has 0 bridgehead atoms. The molecule has 0 radical (unpaired) electrons. The molecule has 0 unspecified atom stereocenters. The molecule has 1 aromatic carbocycles. The van der Waals surface area contributed by atoms with Gasteiger partial charge in [-0.1, -0.05) is 15.9 Å². The molecule has 2 aromatic rings. The number of carbonyl (C=O) groups excluding carboxylic acids is 2. The predicted molar refractivity (Wildman–Crippen MR) is 95.4 cm³/mol. The van der Waals surface area contributed by atoms with Gasteiger partial charge in [-0.05, 0) is 43.2 Å². The van der Waals surface area contributed by atoms with Crippen LogP contribution >= 0.6 is 15.9 Å². The van der Waals surface area contributed by atoms with Gasteiger partial charge in [-0.3, -0.25) is 14.4 Å². The number of nitrogens with zero attached hydrogens (tertiary/aromatic N) is 2. The maximum Gasteiger partial charge on any atom is 0.274 e. The quantitative estimate of drug-likeness (QED) is 0.811. The third-order valence-corrected chi connectivity index (χ3v) is 4.65. The molecule has 2 heterocycles. The molecule has 7 nitrogen and oxygen atoms in total. The summed E-state index contributed by atoms with van der Waals surface area (Å²) in [5.74, 6) is -0.325. The van der Waals surface area contributed by atoms with E-state index in [0.29, 0.717) is 31.5 Å². The molecule has 2 N–H and O–H groups in total. The Morgan fingerprint density at radius 1 is 1.12 bits per heavy atom. The first-order valence-corrected chi connectivity index (χ1v) is 8.73. The van der Waals surface area contributed by atoms with E-state index in [1.165, 1.54) is 12.1 Å². The van der Waals surface area contributed by atoms with E-state index in [0.717, 1.165) is 4.47 Å². The lowest BCUT2D eigenvalue weighted by molar-refractivity contribution is 0.0691. The smallest absolute Gasteiger partial charge is 0.274 e. The number of aromatic nitrogens is 2. The van der Waals surface area contributed by atoms with Gasteiger partial charge < -0.3 is 10.2 Å². The summed E-state index contributed by atoms with van der Waals surface area (Å²) in [5, 5.41) is 9.03. The highest BCUT2D eigenvalue weighted by atomic mass is 79.9. The Morgan fingerprint density at radius 2 is 1.80 bits per heavy atom. The van der Waals surface area contributed by atoms with Crippen LogP contribution in [-0.2, 0) is 0 Å². The molecule has 0 spiro atoms. The summed E-state index contributed by atoms with van der Waals surface area (Å²) in [4.78, 5) is 37.3. The highest BCUT2D eigenvalue weighted by molar-refractivity contribution is 9.10. The molecular weight excluding hydrogens is 388 g/mol. The van der Waals surface area contributed by atoms with Crippen LogP contribution in [0.2, 0.25) is 0 Å². The molecule has 0 saturated carbocycles. The van der Waals surface area contributed by atoms with Gasteiger partial charge in [0, 0.05) is 35.2 Å². The third-order valence-electron chi connectivity index (χ3n) is 4.12. The predicted octanol–water partition coefficient (Wildman–Crippen LogP) is 1.57. The lowest BCUT2D eigenvalue weighted by Gasteiger charge is -2.32. The lowest BCUT2D eigenvalue weighted by atomic mass is 10.0. The zero-order valence-electron chi connectivity index (χ0n) is 13.4. The second-order valence-corrected chi connectivity index (χ2v) is 6.77. The third kappa shape index (κ3) is 4.33. The van der Waals surface area contributed by atoms with Crippen LogP contribution in [0.25, 0.3) is 0 Å². The number of aromatic amines is 1. The van der Waals surface area contributed by atoms with Crippen molar-refractivity contribution >= 4 is 27.7 Å². The Bertz CT molecular complexity index is 806. The molecule has 0 aliphatic carbocycles. The standard InChI is InChI=1S/C17H17BrN4O3/c18-12-3-1-11(2-4-12)16(24)19-13-7-9-22(10-8-13)17(25)14-5-6-15(23)21-20-14/h1-6,13H,7-10H2,(H,19,24)(H,21,23). The summed E-state index contributed by atoms with van der Waals surface area (Å²) in [5.41, 5.74) is 0.488. The minimum Gasteiger partial charge on any atom is -0.349 e. The molecule has 1 aliphatic heterocycles. The lowest BCUT2D eigenvalue weighted by Crippen LogP contribution is -2.46.